The van der Waals surface area contributed by atoms with E-state index in [0.717, 1.165) is 19.6 Å². The molecule has 2 N–H and O–H groups in total. The van der Waals surface area contributed by atoms with E-state index in [2.05, 4.69) is 48.3 Å². The fraction of sp³-hybridized carbons (Fsp3) is 0.600. The third-order valence-electron chi connectivity index (χ3n) is 3.81. The highest BCUT2D eigenvalue weighted by atomic mass is 16.3. The zero-order valence-corrected chi connectivity index (χ0v) is 11.3. The van der Waals surface area contributed by atoms with Crippen molar-refractivity contribution < 1.29 is 5.11 Å². The number of benzene rings is 1. The van der Waals surface area contributed by atoms with Crippen molar-refractivity contribution in [1.29, 1.82) is 0 Å². The van der Waals surface area contributed by atoms with Gasteiger partial charge in [-0.2, -0.15) is 0 Å². The smallest absolute Gasteiger partial charge is 0.0599 e. The first-order valence-corrected chi connectivity index (χ1v) is 6.83. The highest BCUT2D eigenvalue weighted by molar-refractivity contribution is 5.15. The van der Waals surface area contributed by atoms with Crippen molar-refractivity contribution in [2.45, 2.75) is 32.5 Å². The second-order valence-electron chi connectivity index (χ2n) is 5.51. The van der Waals surface area contributed by atoms with E-state index >= 15 is 0 Å². The largest absolute Gasteiger partial charge is 0.395 e. The summed E-state index contributed by atoms with van der Waals surface area (Å²) in [4.78, 5) is 2.40. The van der Waals surface area contributed by atoms with Gasteiger partial charge in [0.1, 0.15) is 0 Å². The lowest BCUT2D eigenvalue weighted by Crippen LogP contribution is -2.58. The lowest BCUT2D eigenvalue weighted by Gasteiger charge is -2.41. The molecule has 0 saturated carbocycles. The maximum absolute atomic E-state index is 9.48. The number of nitrogens with one attached hydrogen (secondary N) is 1. The van der Waals surface area contributed by atoms with E-state index in [1.165, 1.54) is 5.56 Å². The van der Waals surface area contributed by atoms with Crippen molar-refractivity contribution in [3.8, 4) is 0 Å². The van der Waals surface area contributed by atoms with Crippen molar-refractivity contribution in [2.75, 3.05) is 19.7 Å². The van der Waals surface area contributed by atoms with E-state index in [4.69, 9.17) is 0 Å². The molecule has 1 aliphatic heterocycles. The van der Waals surface area contributed by atoms with Gasteiger partial charge in [-0.05, 0) is 11.5 Å². The van der Waals surface area contributed by atoms with E-state index in [9.17, 15) is 5.11 Å². The van der Waals surface area contributed by atoms with Crippen LogP contribution in [0, 0.1) is 5.92 Å². The molecule has 0 amide bonds. The summed E-state index contributed by atoms with van der Waals surface area (Å²) in [6, 6.07) is 11.3. The van der Waals surface area contributed by atoms with Crippen LogP contribution in [-0.4, -0.2) is 41.8 Å². The molecule has 3 nitrogen and oxygen atoms in total. The molecular weight excluding hydrogens is 224 g/mol. The van der Waals surface area contributed by atoms with Gasteiger partial charge in [0.15, 0.2) is 0 Å². The minimum absolute atomic E-state index is 0.227. The molecule has 2 unspecified atom stereocenters. The molecule has 1 saturated heterocycles. The van der Waals surface area contributed by atoms with Crippen LogP contribution in [0.25, 0.3) is 0 Å². The number of hydrogen-bond donors (Lipinski definition) is 2. The maximum Gasteiger partial charge on any atom is 0.0599 e. The van der Waals surface area contributed by atoms with Crippen LogP contribution in [0.5, 0.6) is 0 Å². The fourth-order valence-electron chi connectivity index (χ4n) is 2.52. The van der Waals surface area contributed by atoms with Crippen LogP contribution in [0.1, 0.15) is 19.4 Å². The number of hydrogen-bond acceptors (Lipinski definition) is 3. The molecule has 1 aromatic rings. The summed E-state index contributed by atoms with van der Waals surface area (Å²) in [5.41, 5.74) is 1.32. The maximum atomic E-state index is 9.48. The van der Waals surface area contributed by atoms with Crippen LogP contribution in [0.2, 0.25) is 0 Å². The third-order valence-corrected chi connectivity index (χ3v) is 3.81. The number of aliphatic hydroxyl groups excluding tert-OH is 1. The van der Waals surface area contributed by atoms with Crippen molar-refractivity contribution >= 4 is 0 Å². The Bertz CT molecular complexity index is 353. The lowest BCUT2D eigenvalue weighted by molar-refractivity contribution is 0.0645. The van der Waals surface area contributed by atoms with Crippen LogP contribution in [-0.2, 0) is 6.54 Å². The molecule has 2 atom stereocenters. The van der Waals surface area contributed by atoms with Crippen LogP contribution in [0.15, 0.2) is 30.3 Å². The molecule has 1 aliphatic rings. The summed E-state index contributed by atoms with van der Waals surface area (Å²) in [7, 11) is 0. The van der Waals surface area contributed by atoms with Gasteiger partial charge >= 0.3 is 0 Å². The van der Waals surface area contributed by atoms with Gasteiger partial charge in [0.2, 0.25) is 0 Å². The Balaban J connectivity index is 2.02. The summed E-state index contributed by atoms with van der Waals surface area (Å²) in [6.45, 7) is 7.54. The summed E-state index contributed by atoms with van der Waals surface area (Å²) >= 11 is 0. The topological polar surface area (TPSA) is 35.5 Å². The van der Waals surface area contributed by atoms with E-state index in [0.29, 0.717) is 12.0 Å². The summed E-state index contributed by atoms with van der Waals surface area (Å²) < 4.78 is 0. The van der Waals surface area contributed by atoms with Gasteiger partial charge in [-0.1, -0.05) is 44.2 Å². The minimum Gasteiger partial charge on any atom is -0.395 e. The van der Waals surface area contributed by atoms with Gasteiger partial charge in [0, 0.05) is 31.7 Å². The summed E-state index contributed by atoms with van der Waals surface area (Å²) in [5.74, 6) is 0.628. The monoisotopic (exact) mass is 248 g/mol. The van der Waals surface area contributed by atoms with E-state index in [-0.39, 0.29) is 12.6 Å². The highest BCUT2D eigenvalue weighted by Crippen LogP contribution is 2.15. The van der Waals surface area contributed by atoms with Crippen molar-refractivity contribution in [2.24, 2.45) is 5.92 Å². The first-order valence-electron chi connectivity index (χ1n) is 6.83. The van der Waals surface area contributed by atoms with Gasteiger partial charge in [-0.15, -0.1) is 0 Å². The van der Waals surface area contributed by atoms with Crippen LogP contribution < -0.4 is 5.32 Å². The third kappa shape index (κ3) is 3.31. The van der Waals surface area contributed by atoms with Crippen molar-refractivity contribution in [3.05, 3.63) is 35.9 Å². The minimum atomic E-state index is 0.227. The van der Waals surface area contributed by atoms with Crippen LogP contribution in [0.3, 0.4) is 0 Å². The quantitative estimate of drug-likeness (QED) is 0.847. The van der Waals surface area contributed by atoms with Gasteiger partial charge < -0.3 is 10.4 Å². The summed E-state index contributed by atoms with van der Waals surface area (Å²) in [6.07, 6.45) is 0. The molecule has 0 bridgehead atoms. The average Bonchev–Trinajstić information content (AvgIpc) is 2.39. The van der Waals surface area contributed by atoms with Crippen LogP contribution in [0.4, 0.5) is 0 Å². The molecule has 0 aromatic heterocycles. The Morgan fingerprint density at radius 2 is 2.06 bits per heavy atom. The number of nitrogens with zero attached hydrogens (tertiary/aromatic N) is 1. The van der Waals surface area contributed by atoms with E-state index in [1.54, 1.807) is 0 Å². The molecule has 0 aliphatic carbocycles. The normalized spacial score (nSPS) is 25.6. The molecule has 1 heterocycles. The highest BCUT2D eigenvalue weighted by Gasteiger charge is 2.28. The molecule has 0 spiro atoms. The molecule has 0 radical (unpaired) electrons. The Labute approximate surface area is 110 Å². The molecule has 1 aromatic carbocycles. The molecule has 100 valence electrons. The van der Waals surface area contributed by atoms with Gasteiger partial charge in [-0.3, -0.25) is 4.90 Å². The standard InChI is InChI=1S/C15H24N2O/c1-12(2)15-10-17(14(11-18)8-16-15)9-13-6-4-3-5-7-13/h3-7,12,14-16,18H,8-11H2,1-2H3. The second kappa shape index (κ2) is 6.32. The Kier molecular flexibility index (Phi) is 4.75. The van der Waals surface area contributed by atoms with Gasteiger partial charge in [0.25, 0.3) is 0 Å². The number of piperazine rings is 1. The van der Waals surface area contributed by atoms with Crippen molar-refractivity contribution in [3.63, 3.8) is 0 Å². The first kappa shape index (κ1) is 13.5. The summed E-state index contributed by atoms with van der Waals surface area (Å²) in [5, 5.41) is 13.0. The molecule has 1 fully saturated rings. The molecular formula is C15H24N2O. The lowest BCUT2D eigenvalue weighted by atomic mass is 9.99. The predicted molar refractivity (Wildman–Crippen MR) is 74.4 cm³/mol. The van der Waals surface area contributed by atoms with E-state index in [1.807, 2.05) is 6.07 Å². The number of rotatable bonds is 4. The van der Waals surface area contributed by atoms with Gasteiger partial charge in [-0.25, -0.2) is 0 Å². The zero-order valence-electron chi connectivity index (χ0n) is 11.3. The van der Waals surface area contributed by atoms with Gasteiger partial charge in [0.05, 0.1) is 6.61 Å². The first-order chi connectivity index (χ1) is 8.70. The molecule has 2 rings (SSSR count). The fourth-order valence-corrected chi connectivity index (χ4v) is 2.52. The molecule has 3 heteroatoms. The second-order valence-corrected chi connectivity index (χ2v) is 5.51. The zero-order chi connectivity index (χ0) is 13.0. The van der Waals surface area contributed by atoms with Crippen molar-refractivity contribution in [1.82, 2.24) is 10.2 Å². The number of aliphatic hydroxyl groups is 1. The van der Waals surface area contributed by atoms with E-state index < -0.39 is 0 Å². The Hall–Kier alpha value is -0.900. The van der Waals surface area contributed by atoms with Crippen LogP contribution >= 0.6 is 0 Å². The Morgan fingerprint density at radius 1 is 1.33 bits per heavy atom. The molecule has 18 heavy (non-hydrogen) atoms. The SMILES string of the molecule is CC(C)C1CN(Cc2ccccc2)C(CO)CN1. The predicted octanol–water partition coefficient (Wildman–Crippen LogP) is 1.48. The Morgan fingerprint density at radius 3 is 2.67 bits per heavy atom. The average molecular weight is 248 g/mol.